The van der Waals surface area contributed by atoms with E-state index in [2.05, 4.69) is 15.0 Å². The van der Waals surface area contributed by atoms with Crippen molar-refractivity contribution in [2.24, 2.45) is 0 Å². The summed E-state index contributed by atoms with van der Waals surface area (Å²) in [6.45, 7) is 4.85. The fourth-order valence-corrected chi connectivity index (χ4v) is 4.99. The van der Waals surface area contributed by atoms with Crippen molar-refractivity contribution < 1.29 is 17.9 Å². The number of rotatable bonds is 8. The quantitative estimate of drug-likeness (QED) is 0.397. The number of carbonyl (C=O) groups is 1. The first-order valence-electron chi connectivity index (χ1n) is 10.8. The molecule has 4 aromatic rings. The van der Waals surface area contributed by atoms with Gasteiger partial charge in [0.1, 0.15) is 16.5 Å². The molecule has 0 atom stereocenters. The predicted molar refractivity (Wildman–Crippen MR) is 132 cm³/mol. The molecule has 1 heterocycles. The van der Waals surface area contributed by atoms with Crippen LogP contribution in [0.3, 0.4) is 0 Å². The van der Waals surface area contributed by atoms with Gasteiger partial charge in [-0.2, -0.15) is 0 Å². The number of methoxy groups -OCH3 is 1. The lowest BCUT2D eigenvalue weighted by molar-refractivity contribution is 0.0949. The second kappa shape index (κ2) is 9.56. The van der Waals surface area contributed by atoms with Crippen LogP contribution in [0.1, 0.15) is 28.7 Å². The Morgan fingerprint density at radius 2 is 1.79 bits per heavy atom. The minimum atomic E-state index is -3.99. The van der Waals surface area contributed by atoms with E-state index in [0.29, 0.717) is 12.2 Å². The number of amides is 1. The first-order chi connectivity index (χ1) is 16.3. The highest BCUT2D eigenvalue weighted by Gasteiger charge is 2.22. The third-order valence-corrected chi connectivity index (χ3v) is 6.88. The summed E-state index contributed by atoms with van der Waals surface area (Å²) in [5.74, 6) is 0.451. The molecule has 0 saturated heterocycles. The minimum Gasteiger partial charge on any atom is -0.495 e. The third kappa shape index (κ3) is 4.74. The number of ether oxygens (including phenoxy) is 1. The maximum atomic E-state index is 13.1. The Morgan fingerprint density at radius 3 is 2.50 bits per heavy atom. The summed E-state index contributed by atoms with van der Waals surface area (Å²) < 4.78 is 36.0. The van der Waals surface area contributed by atoms with Crippen LogP contribution >= 0.6 is 0 Å². The number of nitrogens with zero attached hydrogens (tertiary/aromatic N) is 2. The molecule has 4 rings (SSSR count). The van der Waals surface area contributed by atoms with E-state index in [4.69, 9.17) is 4.74 Å². The molecule has 0 unspecified atom stereocenters. The Balaban J connectivity index is 1.57. The van der Waals surface area contributed by atoms with Gasteiger partial charge in [-0.3, -0.25) is 9.52 Å². The van der Waals surface area contributed by atoms with Gasteiger partial charge in [-0.25, -0.2) is 13.4 Å². The Bertz CT molecular complexity index is 1440. The number of hydrogen-bond donors (Lipinski definition) is 2. The van der Waals surface area contributed by atoms with Crippen LogP contribution in [0.5, 0.6) is 5.75 Å². The van der Waals surface area contributed by atoms with Gasteiger partial charge in [-0.15, -0.1) is 0 Å². The van der Waals surface area contributed by atoms with Gasteiger partial charge in [-0.1, -0.05) is 29.8 Å². The number of sulfonamides is 1. The molecule has 34 heavy (non-hydrogen) atoms. The standard InChI is InChI=1S/C25H26N4O4S/c1-4-29-21-8-6-5-7-20(21)27-24(29)16-26-25(30)18-11-14-22(33-3)23(15-18)34(31,32)28-19-12-9-17(2)10-13-19/h5-15,28H,4,16H2,1-3H3,(H,26,30). The lowest BCUT2D eigenvalue weighted by atomic mass is 10.2. The van der Waals surface area contributed by atoms with Crippen LogP contribution in [-0.2, 0) is 23.1 Å². The molecule has 0 aliphatic rings. The molecule has 8 nitrogen and oxygen atoms in total. The number of aromatic nitrogens is 2. The Labute approximate surface area is 198 Å². The molecule has 1 amide bonds. The average molecular weight is 479 g/mol. The fourth-order valence-electron chi connectivity index (χ4n) is 3.73. The number of anilines is 1. The number of imidazole rings is 1. The summed E-state index contributed by atoms with van der Waals surface area (Å²) >= 11 is 0. The van der Waals surface area contributed by atoms with E-state index in [1.54, 1.807) is 12.1 Å². The maximum absolute atomic E-state index is 13.1. The Hall–Kier alpha value is -3.85. The summed E-state index contributed by atoms with van der Waals surface area (Å²) in [6, 6.07) is 19.1. The van der Waals surface area contributed by atoms with Crippen LogP contribution in [0.25, 0.3) is 11.0 Å². The fraction of sp³-hybridized carbons (Fsp3) is 0.200. The normalized spacial score (nSPS) is 11.4. The Morgan fingerprint density at radius 1 is 1.06 bits per heavy atom. The van der Waals surface area contributed by atoms with Crippen LogP contribution in [0.4, 0.5) is 5.69 Å². The number of benzene rings is 3. The highest BCUT2D eigenvalue weighted by Crippen LogP contribution is 2.27. The number of para-hydroxylation sites is 2. The van der Waals surface area contributed by atoms with Crippen LogP contribution < -0.4 is 14.8 Å². The molecule has 2 N–H and O–H groups in total. The molecule has 3 aromatic carbocycles. The average Bonchev–Trinajstić information content (AvgIpc) is 3.21. The van der Waals surface area contributed by atoms with E-state index in [0.717, 1.165) is 22.4 Å². The van der Waals surface area contributed by atoms with E-state index in [9.17, 15) is 13.2 Å². The van der Waals surface area contributed by atoms with Crippen molar-refractivity contribution in [3.05, 3.63) is 83.7 Å². The number of carbonyl (C=O) groups excluding carboxylic acids is 1. The second-order valence-corrected chi connectivity index (χ2v) is 9.43. The van der Waals surface area contributed by atoms with Gasteiger partial charge in [0.15, 0.2) is 0 Å². The van der Waals surface area contributed by atoms with E-state index in [1.165, 1.54) is 25.3 Å². The topological polar surface area (TPSA) is 102 Å². The first-order valence-corrected chi connectivity index (χ1v) is 12.3. The first kappa shape index (κ1) is 23.3. The zero-order chi connectivity index (χ0) is 24.3. The van der Waals surface area contributed by atoms with Gasteiger partial charge in [0.05, 0.1) is 24.7 Å². The lowest BCUT2D eigenvalue weighted by Crippen LogP contribution is -2.25. The summed E-state index contributed by atoms with van der Waals surface area (Å²) in [5.41, 5.74) is 3.48. The van der Waals surface area contributed by atoms with Crippen molar-refractivity contribution in [2.45, 2.75) is 31.8 Å². The van der Waals surface area contributed by atoms with Crippen LogP contribution in [0, 0.1) is 6.92 Å². The van der Waals surface area contributed by atoms with E-state index < -0.39 is 15.9 Å². The van der Waals surface area contributed by atoms with E-state index in [1.807, 2.05) is 54.8 Å². The summed E-state index contributed by atoms with van der Waals surface area (Å²) in [7, 11) is -2.61. The predicted octanol–water partition coefficient (Wildman–Crippen LogP) is 4.10. The zero-order valence-corrected chi connectivity index (χ0v) is 20.0. The van der Waals surface area contributed by atoms with Crippen molar-refractivity contribution in [3.8, 4) is 5.75 Å². The smallest absolute Gasteiger partial charge is 0.265 e. The summed E-state index contributed by atoms with van der Waals surface area (Å²) in [5, 5.41) is 2.84. The zero-order valence-electron chi connectivity index (χ0n) is 19.2. The maximum Gasteiger partial charge on any atom is 0.265 e. The van der Waals surface area contributed by atoms with Gasteiger partial charge in [0, 0.05) is 17.8 Å². The number of fused-ring (bicyclic) bond motifs is 1. The van der Waals surface area contributed by atoms with Gasteiger partial charge < -0.3 is 14.6 Å². The molecule has 0 aliphatic heterocycles. The van der Waals surface area contributed by atoms with Crippen LogP contribution in [0.2, 0.25) is 0 Å². The molecule has 0 aliphatic carbocycles. The molecular formula is C25H26N4O4S. The van der Waals surface area contributed by atoms with Crippen molar-refractivity contribution in [3.63, 3.8) is 0 Å². The second-order valence-electron chi connectivity index (χ2n) is 7.78. The molecular weight excluding hydrogens is 452 g/mol. The number of aryl methyl sites for hydroxylation is 2. The molecule has 1 aromatic heterocycles. The van der Waals surface area contributed by atoms with Gasteiger partial charge in [0.25, 0.3) is 15.9 Å². The highest BCUT2D eigenvalue weighted by atomic mass is 32.2. The third-order valence-electron chi connectivity index (χ3n) is 5.48. The number of nitrogens with one attached hydrogen (secondary N) is 2. The van der Waals surface area contributed by atoms with E-state index in [-0.39, 0.29) is 22.8 Å². The van der Waals surface area contributed by atoms with Gasteiger partial charge in [-0.05, 0) is 56.3 Å². The van der Waals surface area contributed by atoms with Crippen molar-refractivity contribution >= 4 is 32.7 Å². The molecule has 0 bridgehead atoms. The van der Waals surface area contributed by atoms with Crippen LogP contribution in [0.15, 0.2) is 71.6 Å². The largest absolute Gasteiger partial charge is 0.495 e. The molecule has 9 heteroatoms. The SMILES string of the molecule is CCn1c(CNC(=O)c2ccc(OC)c(S(=O)(=O)Nc3ccc(C)cc3)c2)nc2ccccc21. The van der Waals surface area contributed by atoms with Gasteiger partial charge >= 0.3 is 0 Å². The summed E-state index contributed by atoms with van der Waals surface area (Å²) in [4.78, 5) is 17.4. The number of hydrogen-bond acceptors (Lipinski definition) is 5. The molecule has 0 radical (unpaired) electrons. The van der Waals surface area contributed by atoms with Gasteiger partial charge in [0.2, 0.25) is 0 Å². The van der Waals surface area contributed by atoms with Crippen molar-refractivity contribution in [2.75, 3.05) is 11.8 Å². The highest BCUT2D eigenvalue weighted by molar-refractivity contribution is 7.92. The molecule has 176 valence electrons. The Kier molecular flexibility index (Phi) is 6.56. The summed E-state index contributed by atoms with van der Waals surface area (Å²) in [6.07, 6.45) is 0. The van der Waals surface area contributed by atoms with E-state index >= 15 is 0 Å². The molecule has 0 saturated carbocycles. The van der Waals surface area contributed by atoms with Crippen LogP contribution in [-0.4, -0.2) is 31.0 Å². The lowest BCUT2D eigenvalue weighted by Gasteiger charge is -2.13. The molecule has 0 fully saturated rings. The van der Waals surface area contributed by atoms with Crippen molar-refractivity contribution in [1.29, 1.82) is 0 Å². The minimum absolute atomic E-state index is 0.121. The molecule has 0 spiro atoms. The monoisotopic (exact) mass is 478 g/mol. The van der Waals surface area contributed by atoms with Crippen molar-refractivity contribution in [1.82, 2.24) is 14.9 Å².